The van der Waals surface area contributed by atoms with E-state index < -0.39 is 0 Å². The highest BCUT2D eigenvalue weighted by Crippen LogP contribution is 2.19. The molecule has 2 aromatic rings. The summed E-state index contributed by atoms with van der Waals surface area (Å²) in [7, 11) is 0. The van der Waals surface area contributed by atoms with Crippen LogP contribution in [0.3, 0.4) is 0 Å². The quantitative estimate of drug-likeness (QED) is 0.920. The highest BCUT2D eigenvalue weighted by molar-refractivity contribution is 5.79. The van der Waals surface area contributed by atoms with Crippen LogP contribution in [0.25, 0.3) is 0 Å². The third-order valence-corrected chi connectivity index (χ3v) is 4.53. The molecule has 0 saturated carbocycles. The molecular formula is C20H25N3O. The maximum absolute atomic E-state index is 13.1. The number of hydrogen-bond donors (Lipinski definition) is 1. The first-order valence-electron chi connectivity index (χ1n) is 8.67. The Morgan fingerprint density at radius 1 is 1.17 bits per heavy atom. The molecular weight excluding hydrogens is 298 g/mol. The van der Waals surface area contributed by atoms with Gasteiger partial charge in [-0.2, -0.15) is 0 Å². The summed E-state index contributed by atoms with van der Waals surface area (Å²) in [5.74, 6) is 0.378. The summed E-state index contributed by atoms with van der Waals surface area (Å²) >= 11 is 0. The van der Waals surface area contributed by atoms with Crippen molar-refractivity contribution in [2.75, 3.05) is 13.1 Å². The van der Waals surface area contributed by atoms with E-state index in [0.29, 0.717) is 13.1 Å². The van der Waals surface area contributed by atoms with Crippen LogP contribution in [0.4, 0.5) is 0 Å². The van der Waals surface area contributed by atoms with E-state index in [2.05, 4.69) is 41.5 Å². The van der Waals surface area contributed by atoms with Crippen molar-refractivity contribution in [2.45, 2.75) is 32.9 Å². The molecule has 0 unspecified atom stereocenters. The van der Waals surface area contributed by atoms with Gasteiger partial charge in [0.2, 0.25) is 5.91 Å². The number of benzene rings is 1. The summed E-state index contributed by atoms with van der Waals surface area (Å²) in [6.07, 6.45) is 3.63. The molecule has 1 fully saturated rings. The van der Waals surface area contributed by atoms with Gasteiger partial charge in [-0.15, -0.1) is 0 Å². The predicted molar refractivity (Wildman–Crippen MR) is 95.3 cm³/mol. The molecule has 0 spiro atoms. The summed E-state index contributed by atoms with van der Waals surface area (Å²) in [5, 5.41) is 3.33. The lowest BCUT2D eigenvalue weighted by molar-refractivity contribution is -0.137. The van der Waals surface area contributed by atoms with Crippen molar-refractivity contribution in [3.05, 3.63) is 65.5 Å². The van der Waals surface area contributed by atoms with Crippen LogP contribution in [0.2, 0.25) is 0 Å². The Hall–Kier alpha value is -2.20. The fraction of sp³-hybridized carbons (Fsp3) is 0.400. The molecule has 0 aliphatic carbocycles. The molecule has 0 bridgehead atoms. The SMILES string of the molecule is Cc1cccc(CN(Cc2ccccn2)C(=O)C2CCNCC2)c1. The zero-order chi connectivity index (χ0) is 16.8. The van der Waals surface area contributed by atoms with Crippen molar-refractivity contribution in [3.63, 3.8) is 0 Å². The van der Waals surface area contributed by atoms with Crippen LogP contribution in [0, 0.1) is 12.8 Å². The van der Waals surface area contributed by atoms with Crippen LogP contribution in [0.5, 0.6) is 0 Å². The molecule has 4 heteroatoms. The third kappa shape index (κ3) is 4.42. The number of nitrogens with one attached hydrogen (secondary N) is 1. The lowest BCUT2D eigenvalue weighted by atomic mass is 9.96. The molecule has 126 valence electrons. The Balaban J connectivity index is 1.78. The van der Waals surface area contributed by atoms with E-state index >= 15 is 0 Å². The standard InChI is InChI=1S/C20H25N3O/c1-16-5-4-6-17(13-16)14-23(15-19-7-2-3-10-22-19)20(24)18-8-11-21-12-9-18/h2-7,10,13,18,21H,8-9,11-12,14-15H2,1H3. The minimum Gasteiger partial charge on any atom is -0.332 e. The second-order valence-corrected chi connectivity index (χ2v) is 6.53. The van der Waals surface area contributed by atoms with Crippen molar-refractivity contribution in [1.82, 2.24) is 15.2 Å². The number of hydrogen-bond acceptors (Lipinski definition) is 3. The number of carbonyl (C=O) groups is 1. The van der Waals surface area contributed by atoms with Crippen molar-refractivity contribution in [2.24, 2.45) is 5.92 Å². The third-order valence-electron chi connectivity index (χ3n) is 4.53. The predicted octanol–water partition coefficient (Wildman–Crippen LogP) is 2.92. The van der Waals surface area contributed by atoms with Gasteiger partial charge >= 0.3 is 0 Å². The normalized spacial score (nSPS) is 15.2. The largest absolute Gasteiger partial charge is 0.332 e. The average molecular weight is 323 g/mol. The maximum atomic E-state index is 13.1. The summed E-state index contributed by atoms with van der Waals surface area (Å²) < 4.78 is 0. The van der Waals surface area contributed by atoms with Crippen LogP contribution < -0.4 is 5.32 Å². The Kier molecular flexibility index (Phi) is 5.59. The Morgan fingerprint density at radius 2 is 2.00 bits per heavy atom. The molecule has 0 atom stereocenters. The number of pyridine rings is 1. The first-order chi connectivity index (χ1) is 11.7. The van der Waals surface area contributed by atoms with Crippen LogP contribution in [0.1, 0.15) is 29.7 Å². The van der Waals surface area contributed by atoms with Gasteiger partial charge in [-0.1, -0.05) is 35.9 Å². The summed E-state index contributed by atoms with van der Waals surface area (Å²) in [5.41, 5.74) is 3.33. The molecule has 1 aromatic heterocycles. The van der Waals surface area contributed by atoms with Crippen molar-refractivity contribution >= 4 is 5.91 Å². The van der Waals surface area contributed by atoms with Gasteiger partial charge in [0, 0.05) is 18.7 Å². The van der Waals surface area contributed by atoms with E-state index in [0.717, 1.165) is 31.6 Å². The van der Waals surface area contributed by atoms with Gasteiger partial charge < -0.3 is 10.2 Å². The molecule has 2 heterocycles. The lowest BCUT2D eigenvalue weighted by Crippen LogP contribution is -2.40. The zero-order valence-corrected chi connectivity index (χ0v) is 14.2. The van der Waals surface area contributed by atoms with Crippen LogP contribution in [-0.2, 0) is 17.9 Å². The van der Waals surface area contributed by atoms with Crippen LogP contribution in [-0.4, -0.2) is 28.9 Å². The van der Waals surface area contributed by atoms with Gasteiger partial charge in [-0.05, 0) is 50.6 Å². The molecule has 24 heavy (non-hydrogen) atoms. The Bertz CT molecular complexity index is 666. The molecule has 1 aliphatic rings. The summed E-state index contributed by atoms with van der Waals surface area (Å²) in [6.45, 7) is 5.15. The molecule has 1 saturated heterocycles. The fourth-order valence-corrected chi connectivity index (χ4v) is 3.26. The first kappa shape index (κ1) is 16.7. The molecule has 1 aliphatic heterocycles. The monoisotopic (exact) mass is 323 g/mol. The number of nitrogens with zero attached hydrogens (tertiary/aromatic N) is 2. The zero-order valence-electron chi connectivity index (χ0n) is 14.2. The number of rotatable bonds is 5. The van der Waals surface area contributed by atoms with Crippen molar-refractivity contribution in [1.29, 1.82) is 0 Å². The van der Waals surface area contributed by atoms with E-state index in [1.807, 2.05) is 23.1 Å². The van der Waals surface area contributed by atoms with E-state index in [1.165, 1.54) is 11.1 Å². The number of amides is 1. The minimum absolute atomic E-state index is 0.125. The minimum atomic E-state index is 0.125. The van der Waals surface area contributed by atoms with Gasteiger partial charge in [-0.3, -0.25) is 9.78 Å². The Morgan fingerprint density at radius 3 is 2.71 bits per heavy atom. The second-order valence-electron chi connectivity index (χ2n) is 6.53. The first-order valence-corrected chi connectivity index (χ1v) is 8.67. The smallest absolute Gasteiger partial charge is 0.226 e. The number of aryl methyl sites for hydroxylation is 1. The molecule has 1 N–H and O–H groups in total. The number of carbonyl (C=O) groups excluding carboxylic acids is 1. The Labute approximate surface area is 143 Å². The summed E-state index contributed by atoms with van der Waals surface area (Å²) in [4.78, 5) is 19.4. The van der Waals surface area contributed by atoms with Crippen molar-refractivity contribution < 1.29 is 4.79 Å². The lowest BCUT2D eigenvalue weighted by Gasteiger charge is -2.29. The van der Waals surface area contributed by atoms with Gasteiger partial charge in [0.25, 0.3) is 0 Å². The molecule has 1 aromatic carbocycles. The maximum Gasteiger partial charge on any atom is 0.226 e. The van der Waals surface area contributed by atoms with Gasteiger partial charge in [0.1, 0.15) is 0 Å². The highest BCUT2D eigenvalue weighted by atomic mass is 16.2. The van der Waals surface area contributed by atoms with Crippen molar-refractivity contribution in [3.8, 4) is 0 Å². The van der Waals surface area contributed by atoms with Crippen LogP contribution in [0.15, 0.2) is 48.7 Å². The molecule has 4 nitrogen and oxygen atoms in total. The van der Waals surface area contributed by atoms with Gasteiger partial charge in [-0.25, -0.2) is 0 Å². The van der Waals surface area contributed by atoms with E-state index in [-0.39, 0.29) is 11.8 Å². The van der Waals surface area contributed by atoms with E-state index in [1.54, 1.807) is 6.20 Å². The van der Waals surface area contributed by atoms with Crippen LogP contribution >= 0.6 is 0 Å². The molecule has 0 radical (unpaired) electrons. The fourth-order valence-electron chi connectivity index (χ4n) is 3.26. The van der Waals surface area contributed by atoms with E-state index in [9.17, 15) is 4.79 Å². The van der Waals surface area contributed by atoms with E-state index in [4.69, 9.17) is 0 Å². The highest BCUT2D eigenvalue weighted by Gasteiger charge is 2.26. The number of piperidine rings is 1. The second kappa shape index (κ2) is 8.06. The topological polar surface area (TPSA) is 45.2 Å². The molecule has 1 amide bonds. The average Bonchev–Trinajstić information content (AvgIpc) is 2.62. The van der Waals surface area contributed by atoms with Gasteiger partial charge in [0.05, 0.1) is 12.2 Å². The number of aromatic nitrogens is 1. The van der Waals surface area contributed by atoms with Gasteiger partial charge in [0.15, 0.2) is 0 Å². The summed E-state index contributed by atoms with van der Waals surface area (Å²) in [6, 6.07) is 14.2. The molecule has 3 rings (SSSR count).